The summed E-state index contributed by atoms with van der Waals surface area (Å²) in [5, 5.41) is 1.07. The first-order valence-corrected chi connectivity index (χ1v) is 28.9. The van der Waals surface area contributed by atoms with E-state index in [1.165, 1.54) is 22.3 Å². The summed E-state index contributed by atoms with van der Waals surface area (Å²) in [6, 6.07) is 9.35. The quantitative estimate of drug-likeness (QED) is 0.133. The first-order valence-electron chi connectivity index (χ1n) is 26.7. The van der Waals surface area contributed by atoms with Crippen molar-refractivity contribution >= 4 is 39.5 Å². The molecule has 1 saturated carbocycles. The zero-order valence-electron chi connectivity index (χ0n) is 49.3. The normalized spacial score (nSPS) is 21.6. The van der Waals surface area contributed by atoms with Crippen LogP contribution < -0.4 is 4.52 Å². The molecule has 4 atom stereocenters. The lowest BCUT2D eigenvalue weighted by atomic mass is 9.67. The molecule has 2 fully saturated rings. The van der Waals surface area contributed by atoms with E-state index < -0.39 is 16.8 Å². The van der Waals surface area contributed by atoms with Crippen LogP contribution in [0.1, 0.15) is 250 Å². The van der Waals surface area contributed by atoms with Crippen molar-refractivity contribution in [3.63, 3.8) is 0 Å². The minimum atomic E-state index is -2.12. The van der Waals surface area contributed by atoms with Crippen LogP contribution in [0.5, 0.6) is 5.75 Å². The second-order valence-electron chi connectivity index (χ2n) is 29.6. The smallest absolute Gasteiger partial charge is 0.426 e. The van der Waals surface area contributed by atoms with Gasteiger partial charge in [0.2, 0.25) is 0 Å². The summed E-state index contributed by atoms with van der Waals surface area (Å²) >= 11 is 0. The fourth-order valence-electron chi connectivity index (χ4n) is 9.61. The molecule has 6 nitrogen and oxygen atoms in total. The van der Waals surface area contributed by atoms with E-state index in [9.17, 15) is 0 Å². The number of rotatable bonds is 7. The summed E-state index contributed by atoms with van der Waals surface area (Å²) in [6.07, 6.45) is 9.90. The first kappa shape index (κ1) is 57.3. The number of hydrogen-bond acceptors (Lipinski definition) is 6. The van der Waals surface area contributed by atoms with Crippen molar-refractivity contribution in [1.29, 1.82) is 0 Å². The largest absolute Gasteiger partial charge is 0.452 e. The van der Waals surface area contributed by atoms with E-state index in [-0.39, 0.29) is 61.4 Å². The van der Waals surface area contributed by atoms with Crippen LogP contribution in [0.4, 0.5) is 0 Å². The van der Waals surface area contributed by atoms with Crippen molar-refractivity contribution in [3.05, 3.63) is 98.5 Å². The molecule has 0 amide bonds. The molecule has 1 aliphatic heterocycles. The molecule has 3 aromatic rings. The van der Waals surface area contributed by atoms with E-state index in [1.54, 1.807) is 0 Å². The van der Waals surface area contributed by atoms with E-state index in [4.69, 9.17) is 33.1 Å². The van der Waals surface area contributed by atoms with Crippen LogP contribution >= 0.6 is 16.8 Å². The van der Waals surface area contributed by atoms with Gasteiger partial charge in [-0.2, -0.15) is 0 Å². The Kier molecular flexibility index (Phi) is 15.8. The van der Waals surface area contributed by atoms with E-state index in [2.05, 4.69) is 210 Å². The van der Waals surface area contributed by atoms with Crippen molar-refractivity contribution in [1.82, 2.24) is 0 Å². The second-order valence-corrected chi connectivity index (χ2v) is 31.6. The van der Waals surface area contributed by atoms with Crippen molar-refractivity contribution in [2.24, 2.45) is 21.7 Å². The fourth-order valence-corrected chi connectivity index (χ4v) is 12.2. The zero-order chi connectivity index (χ0) is 53.6. The topological polar surface area (TPSA) is 63.2 Å². The molecule has 2 heterocycles. The van der Waals surface area contributed by atoms with Gasteiger partial charge in [-0.15, -0.1) is 0 Å². The maximum atomic E-state index is 7.69. The third-order valence-corrected chi connectivity index (χ3v) is 17.3. The highest BCUT2D eigenvalue weighted by atomic mass is 31.2. The van der Waals surface area contributed by atoms with Crippen LogP contribution in [0.3, 0.4) is 0 Å². The molecule has 6 rings (SSSR count). The van der Waals surface area contributed by atoms with Crippen LogP contribution in [0.2, 0.25) is 0 Å². The van der Waals surface area contributed by atoms with Gasteiger partial charge < -0.3 is 17.4 Å². The summed E-state index contributed by atoms with van der Waals surface area (Å²) in [5.41, 5.74) is 10.2. The van der Waals surface area contributed by atoms with Crippen LogP contribution in [0, 0.1) is 21.7 Å². The average molecular weight is 1010 g/mol. The number of benzene rings is 2. The minimum absolute atomic E-state index is 0.0304. The molecular formula is C63H96O6P2. The van der Waals surface area contributed by atoms with E-state index >= 15 is 0 Å². The standard InChI is InChI=1S/C63H96O6P2/c1-38(56(3,4)5)31-46(60(15,16)17)52(66-70-64-50-29-27-28-30-51(50)65-70)39(2)43-32-40(57(6,7)8)35-47(61(18,19)20)53(43)67-71-68-54-44(33-41(58(9,10)11)36-48(54)62(21,22)23)45-34-42(59(12,13)14)37-49(55(45)69-71)63(24,25)26/h31-36,49-51H,2,27-30,37H2,1,3-26H3/b38-31+,52-46-. The van der Waals surface area contributed by atoms with Gasteiger partial charge in [-0.1, -0.05) is 221 Å². The Labute approximate surface area is 434 Å². The Bertz CT molecular complexity index is 2620. The van der Waals surface area contributed by atoms with Gasteiger partial charge in [-0.05, 0) is 92.8 Å². The van der Waals surface area contributed by atoms with Crippen molar-refractivity contribution < 1.29 is 26.5 Å². The van der Waals surface area contributed by atoms with Gasteiger partial charge in [0.1, 0.15) is 22.9 Å². The molecular weight excluding hydrogens is 915 g/mol. The molecule has 394 valence electrons. The van der Waals surface area contributed by atoms with E-state index in [0.717, 1.165) is 76.7 Å². The van der Waals surface area contributed by atoms with Crippen molar-refractivity contribution in [2.75, 3.05) is 0 Å². The Morgan fingerprint density at radius 3 is 1.62 bits per heavy atom. The van der Waals surface area contributed by atoms with Gasteiger partial charge in [-0.3, -0.25) is 9.05 Å². The Balaban J connectivity index is 1.78. The molecule has 4 unspecified atom stereocenters. The van der Waals surface area contributed by atoms with Crippen molar-refractivity contribution in [3.8, 4) is 5.75 Å². The fraction of sp³-hybridized carbons (Fsp3) is 0.651. The molecule has 0 bridgehead atoms. The predicted molar refractivity (Wildman–Crippen MR) is 305 cm³/mol. The molecule has 2 aromatic carbocycles. The predicted octanol–water partition coefficient (Wildman–Crippen LogP) is 21.0. The van der Waals surface area contributed by atoms with Gasteiger partial charge in [-0.25, -0.2) is 0 Å². The molecule has 1 saturated heterocycles. The SMILES string of the molecule is C=C(/C(OP1OC2CCCCC2O1)=C(\C=C(/C)C(C)(C)C)C(C)(C)C)c1cc(C(C)(C)C)cc(C(C)(C)C)c1Op1oc2c(c3cc(C(C)(C)C)cc(C(C)(C)C)c3o1)C=C(C(C)(C)C)CC2C(C)(C)C. The molecule has 0 N–H and O–H groups in total. The highest BCUT2D eigenvalue weighted by Crippen LogP contribution is 2.59. The monoisotopic (exact) mass is 1010 g/mol. The van der Waals surface area contributed by atoms with Crippen molar-refractivity contribution in [2.45, 2.75) is 245 Å². The second kappa shape index (κ2) is 19.6. The number of allylic oxidation sites excluding steroid dienone is 5. The van der Waals surface area contributed by atoms with Crippen LogP contribution in [-0.4, -0.2) is 12.2 Å². The van der Waals surface area contributed by atoms with Crippen LogP contribution in [0.25, 0.3) is 22.6 Å². The zero-order valence-corrected chi connectivity index (χ0v) is 51.1. The van der Waals surface area contributed by atoms with Crippen LogP contribution in [-0.2, 0) is 35.2 Å². The van der Waals surface area contributed by atoms with Gasteiger partial charge in [0.15, 0.2) is 0 Å². The van der Waals surface area contributed by atoms with E-state index in [0.29, 0.717) is 17.1 Å². The molecule has 0 spiro atoms. The maximum absolute atomic E-state index is 7.69. The molecule has 71 heavy (non-hydrogen) atoms. The molecule has 1 aromatic heterocycles. The molecule has 3 aliphatic rings. The third kappa shape index (κ3) is 12.9. The minimum Gasteiger partial charge on any atom is -0.426 e. The molecule has 2 aliphatic carbocycles. The molecule has 0 radical (unpaired) electrons. The highest BCUT2D eigenvalue weighted by Gasteiger charge is 2.43. The summed E-state index contributed by atoms with van der Waals surface area (Å²) in [4.78, 5) is 0. The first-order chi connectivity index (χ1) is 32.1. The number of hydrogen-bond donors (Lipinski definition) is 0. The van der Waals surface area contributed by atoms with Gasteiger partial charge in [0.05, 0.1) is 12.2 Å². The number of fused-ring (bicyclic) bond motifs is 4. The highest BCUT2D eigenvalue weighted by molar-refractivity contribution is 7.42. The lowest BCUT2D eigenvalue weighted by molar-refractivity contribution is 0.110. The summed E-state index contributed by atoms with van der Waals surface area (Å²) in [7, 11) is -3.83. The Morgan fingerprint density at radius 2 is 1.15 bits per heavy atom. The summed E-state index contributed by atoms with van der Waals surface area (Å²) < 4.78 is 43.4. The Morgan fingerprint density at radius 1 is 0.634 bits per heavy atom. The lowest BCUT2D eigenvalue weighted by Gasteiger charge is -2.37. The van der Waals surface area contributed by atoms with Gasteiger partial charge in [0, 0.05) is 44.7 Å². The van der Waals surface area contributed by atoms with Gasteiger partial charge in [0.25, 0.3) is 0 Å². The van der Waals surface area contributed by atoms with Gasteiger partial charge >= 0.3 is 16.8 Å². The van der Waals surface area contributed by atoms with E-state index in [1.807, 2.05) is 0 Å². The average Bonchev–Trinajstić information content (AvgIpc) is 3.53. The molecule has 8 heteroatoms. The third-order valence-electron chi connectivity index (χ3n) is 15.1. The lowest BCUT2D eigenvalue weighted by Crippen LogP contribution is -2.25. The Hall–Kier alpha value is -3.01. The summed E-state index contributed by atoms with van der Waals surface area (Å²) in [6.45, 7) is 62.2. The maximum Gasteiger partial charge on any atom is 0.452 e. The van der Waals surface area contributed by atoms with Crippen LogP contribution in [0.15, 0.2) is 67.8 Å². The summed E-state index contributed by atoms with van der Waals surface area (Å²) in [5.74, 6) is 2.35.